The van der Waals surface area contributed by atoms with Crippen LogP contribution < -0.4 is 4.74 Å². The van der Waals surface area contributed by atoms with E-state index in [1.165, 1.54) is 6.07 Å². The maximum atomic E-state index is 14.4. The van der Waals surface area contributed by atoms with Crippen LogP contribution in [0, 0.1) is 18.2 Å². The van der Waals surface area contributed by atoms with E-state index in [1.807, 2.05) is 44.2 Å². The van der Waals surface area contributed by atoms with Gasteiger partial charge in [0, 0.05) is 31.7 Å². The van der Waals surface area contributed by atoms with Gasteiger partial charge in [-0.1, -0.05) is 48.4 Å². The van der Waals surface area contributed by atoms with Crippen LogP contribution >= 0.6 is 0 Å². The third kappa shape index (κ3) is 6.42. The second kappa shape index (κ2) is 11.6. The van der Waals surface area contributed by atoms with Gasteiger partial charge >= 0.3 is 0 Å². The summed E-state index contributed by atoms with van der Waals surface area (Å²) in [6.07, 6.45) is 4.50. The third-order valence-corrected chi connectivity index (χ3v) is 5.21. The van der Waals surface area contributed by atoms with Gasteiger partial charge in [-0.05, 0) is 26.0 Å². The third-order valence-electron chi connectivity index (χ3n) is 5.21. The molecule has 1 aromatic heterocycles. The van der Waals surface area contributed by atoms with Crippen molar-refractivity contribution in [1.82, 2.24) is 14.7 Å². The molecule has 0 saturated carbocycles. The largest absolute Gasteiger partial charge is 0.436 e. The zero-order valence-electron chi connectivity index (χ0n) is 19.2. The molecule has 174 valence electrons. The van der Waals surface area contributed by atoms with Crippen LogP contribution in [0.25, 0.3) is 11.3 Å². The van der Waals surface area contributed by atoms with Crippen molar-refractivity contribution in [2.24, 2.45) is 7.05 Å². The Labute approximate surface area is 194 Å². The fourth-order valence-electron chi connectivity index (χ4n) is 3.52. The van der Waals surface area contributed by atoms with Crippen molar-refractivity contribution >= 4 is 0 Å². The summed E-state index contributed by atoms with van der Waals surface area (Å²) in [4.78, 5) is 2.10. The van der Waals surface area contributed by atoms with Gasteiger partial charge in [0.1, 0.15) is 12.3 Å². The van der Waals surface area contributed by atoms with Gasteiger partial charge in [-0.2, -0.15) is 5.10 Å². The first-order chi connectivity index (χ1) is 15.9. The minimum absolute atomic E-state index is 0.109. The molecular formula is C26H30FN3O3. The van der Waals surface area contributed by atoms with Gasteiger partial charge in [-0.3, -0.25) is 4.90 Å². The van der Waals surface area contributed by atoms with Gasteiger partial charge in [-0.25, -0.2) is 9.07 Å². The first kappa shape index (κ1) is 24.5. The second-order valence-electron chi connectivity index (χ2n) is 8.05. The molecule has 3 aromatic rings. The Morgan fingerprint density at radius 3 is 2.52 bits per heavy atom. The number of ether oxygens (including phenoxy) is 2. The Bertz CT molecular complexity index is 1080. The molecule has 1 atom stereocenters. The molecule has 0 aliphatic heterocycles. The number of terminal acetylenes is 1. The number of nitrogens with zero attached hydrogens (tertiary/aromatic N) is 3. The van der Waals surface area contributed by atoms with Crippen LogP contribution in [-0.4, -0.2) is 51.7 Å². The van der Waals surface area contributed by atoms with Crippen molar-refractivity contribution in [2.45, 2.75) is 32.5 Å². The first-order valence-electron chi connectivity index (χ1n) is 10.9. The lowest BCUT2D eigenvalue weighted by Crippen LogP contribution is -2.39. The van der Waals surface area contributed by atoms with E-state index in [2.05, 4.69) is 10.8 Å². The van der Waals surface area contributed by atoms with Crippen LogP contribution in [0.1, 0.15) is 19.4 Å². The Morgan fingerprint density at radius 2 is 1.85 bits per heavy atom. The molecule has 33 heavy (non-hydrogen) atoms. The lowest BCUT2D eigenvalue weighted by atomic mass is 10.1. The second-order valence-corrected chi connectivity index (χ2v) is 8.05. The lowest BCUT2D eigenvalue weighted by Gasteiger charge is -2.29. The molecule has 0 radical (unpaired) electrons. The normalized spacial score (nSPS) is 12.2. The quantitative estimate of drug-likeness (QED) is 0.349. The monoisotopic (exact) mass is 451 g/mol. The highest BCUT2D eigenvalue weighted by Crippen LogP contribution is 2.35. The number of aliphatic hydroxyl groups is 1. The Morgan fingerprint density at radius 1 is 1.15 bits per heavy atom. The standard InChI is InChI=1S/C26H30FN3O3/c1-5-15-32-18-21(31)16-30(19(2)3)17-22-25(20-11-7-6-8-12-20)28-29(4)26(22)33-24-14-10-9-13-23(24)27/h1,6-14,19,21,31H,15-18H2,2-4H3/t21-/m1/s1. The van der Waals surface area contributed by atoms with Gasteiger partial charge < -0.3 is 14.6 Å². The lowest BCUT2D eigenvalue weighted by molar-refractivity contribution is 0.0191. The fourth-order valence-corrected chi connectivity index (χ4v) is 3.52. The van der Waals surface area contributed by atoms with Crippen molar-refractivity contribution in [3.05, 3.63) is 66.0 Å². The van der Waals surface area contributed by atoms with Crippen molar-refractivity contribution in [3.63, 3.8) is 0 Å². The van der Waals surface area contributed by atoms with Crippen LogP contribution in [0.5, 0.6) is 11.6 Å². The molecule has 0 fully saturated rings. The number of hydrogen-bond donors (Lipinski definition) is 1. The molecule has 1 heterocycles. The van der Waals surface area contributed by atoms with E-state index >= 15 is 0 Å². The number of halogens is 1. The van der Waals surface area contributed by atoms with E-state index in [1.54, 1.807) is 29.9 Å². The van der Waals surface area contributed by atoms with Crippen molar-refractivity contribution in [1.29, 1.82) is 0 Å². The highest BCUT2D eigenvalue weighted by atomic mass is 19.1. The van der Waals surface area contributed by atoms with E-state index < -0.39 is 11.9 Å². The van der Waals surface area contributed by atoms with Crippen molar-refractivity contribution in [2.75, 3.05) is 19.8 Å². The number of aryl methyl sites for hydroxylation is 1. The highest BCUT2D eigenvalue weighted by molar-refractivity contribution is 5.65. The van der Waals surface area contributed by atoms with Gasteiger partial charge in [0.05, 0.1) is 18.3 Å². The molecule has 2 aromatic carbocycles. The molecule has 3 rings (SSSR count). The molecule has 1 N–H and O–H groups in total. The molecule has 0 amide bonds. The predicted octanol–water partition coefficient (Wildman–Crippen LogP) is 4.24. The van der Waals surface area contributed by atoms with Crippen LogP contribution in [0.4, 0.5) is 4.39 Å². The molecular weight excluding hydrogens is 421 g/mol. The molecule has 0 aliphatic rings. The summed E-state index contributed by atoms with van der Waals surface area (Å²) < 4.78 is 27.3. The smallest absolute Gasteiger partial charge is 0.222 e. The Balaban J connectivity index is 1.96. The van der Waals surface area contributed by atoms with Crippen LogP contribution in [0.2, 0.25) is 0 Å². The minimum atomic E-state index is -0.714. The fraction of sp³-hybridized carbons (Fsp3) is 0.346. The number of hydrogen-bond acceptors (Lipinski definition) is 5. The van der Waals surface area contributed by atoms with Gasteiger partial charge in [-0.15, -0.1) is 6.42 Å². The summed E-state index contributed by atoms with van der Waals surface area (Å²) in [7, 11) is 1.77. The summed E-state index contributed by atoms with van der Waals surface area (Å²) in [6.45, 7) is 5.19. The molecule has 0 saturated heterocycles. The van der Waals surface area contributed by atoms with Crippen molar-refractivity contribution < 1.29 is 19.0 Å². The topological polar surface area (TPSA) is 59.8 Å². The number of benzene rings is 2. The minimum Gasteiger partial charge on any atom is -0.436 e. The molecule has 0 spiro atoms. The molecule has 0 aliphatic carbocycles. The van der Waals surface area contributed by atoms with Crippen LogP contribution in [0.15, 0.2) is 54.6 Å². The van der Waals surface area contributed by atoms with E-state index in [0.717, 1.165) is 16.8 Å². The van der Waals surface area contributed by atoms with Crippen LogP contribution in [0.3, 0.4) is 0 Å². The van der Waals surface area contributed by atoms with E-state index in [4.69, 9.17) is 21.0 Å². The number of rotatable bonds is 11. The Hall–Kier alpha value is -3.18. The predicted molar refractivity (Wildman–Crippen MR) is 126 cm³/mol. The van der Waals surface area contributed by atoms with Crippen molar-refractivity contribution in [3.8, 4) is 35.2 Å². The van der Waals surface area contributed by atoms with E-state index in [9.17, 15) is 9.50 Å². The van der Waals surface area contributed by atoms with Gasteiger partial charge in [0.15, 0.2) is 11.6 Å². The highest BCUT2D eigenvalue weighted by Gasteiger charge is 2.25. The van der Waals surface area contributed by atoms with E-state index in [0.29, 0.717) is 19.0 Å². The summed E-state index contributed by atoms with van der Waals surface area (Å²) >= 11 is 0. The maximum Gasteiger partial charge on any atom is 0.222 e. The molecule has 0 bridgehead atoms. The summed E-state index contributed by atoms with van der Waals surface area (Å²) in [5, 5.41) is 15.2. The molecule has 7 heteroatoms. The van der Waals surface area contributed by atoms with E-state index in [-0.39, 0.29) is 25.0 Å². The summed E-state index contributed by atoms with van der Waals surface area (Å²) in [5.41, 5.74) is 2.47. The average molecular weight is 452 g/mol. The Kier molecular flexibility index (Phi) is 8.61. The summed E-state index contributed by atoms with van der Waals surface area (Å²) in [6, 6.07) is 16.2. The first-order valence-corrected chi connectivity index (χ1v) is 10.9. The summed E-state index contributed by atoms with van der Waals surface area (Å²) in [5.74, 6) is 2.52. The zero-order chi connectivity index (χ0) is 23.8. The zero-order valence-corrected chi connectivity index (χ0v) is 19.2. The maximum absolute atomic E-state index is 14.4. The number of para-hydroxylation sites is 1. The molecule has 6 nitrogen and oxygen atoms in total. The van der Waals surface area contributed by atoms with Gasteiger partial charge in [0.25, 0.3) is 0 Å². The number of aromatic nitrogens is 2. The van der Waals surface area contributed by atoms with Gasteiger partial charge in [0.2, 0.25) is 5.88 Å². The SMILES string of the molecule is C#CCOC[C@H](O)CN(Cc1c(-c2ccccc2)nn(C)c1Oc1ccccc1F)C(C)C. The average Bonchev–Trinajstić information content (AvgIpc) is 3.10. The van der Waals surface area contributed by atoms with Crippen LogP contribution in [-0.2, 0) is 18.3 Å². The molecule has 0 unspecified atom stereocenters. The number of aliphatic hydroxyl groups excluding tert-OH is 1.